The first-order valence-electron chi connectivity index (χ1n) is 10.9. The fraction of sp³-hybridized carbons (Fsp3) is 0.667. The van der Waals surface area contributed by atoms with Crippen molar-refractivity contribution in [3.8, 4) is 17.6 Å². The largest absolute Gasteiger partial charge is 0.491 e. The maximum absolute atomic E-state index is 5.68. The van der Waals surface area contributed by atoms with Gasteiger partial charge in [-0.3, -0.25) is 0 Å². The number of hydrogen-bond donors (Lipinski definition) is 1. The second-order valence-electron chi connectivity index (χ2n) is 7.05. The monoisotopic (exact) mass is 405 g/mol. The van der Waals surface area contributed by atoms with Gasteiger partial charge in [-0.05, 0) is 44.0 Å². The number of rotatable bonds is 16. The second-order valence-corrected chi connectivity index (χ2v) is 7.05. The lowest BCUT2D eigenvalue weighted by molar-refractivity contribution is 0.00966. The molecule has 1 N–H and O–H groups in total. The smallest absolute Gasteiger partial charge is 0.119 e. The summed E-state index contributed by atoms with van der Waals surface area (Å²) in [6.07, 6.45) is 2.21. The molecule has 1 aromatic carbocycles. The molecule has 0 aliphatic rings. The number of ether oxygens (including phenoxy) is 4. The first kappa shape index (κ1) is 25.5. The minimum atomic E-state index is 0.427. The maximum Gasteiger partial charge on any atom is 0.119 e. The Morgan fingerprint density at radius 3 is 1.97 bits per heavy atom. The van der Waals surface area contributed by atoms with Gasteiger partial charge in [0.1, 0.15) is 12.4 Å². The zero-order valence-corrected chi connectivity index (χ0v) is 18.7. The zero-order chi connectivity index (χ0) is 21.2. The Hall–Kier alpha value is -1.58. The summed E-state index contributed by atoms with van der Waals surface area (Å²) in [5.41, 5.74) is 1.02. The van der Waals surface area contributed by atoms with Crippen molar-refractivity contribution in [3.05, 3.63) is 29.8 Å². The molecular weight excluding hydrogens is 366 g/mol. The van der Waals surface area contributed by atoms with Crippen LogP contribution >= 0.6 is 0 Å². The molecule has 1 rings (SSSR count). The Balaban J connectivity index is 1.93. The van der Waals surface area contributed by atoms with Crippen LogP contribution < -0.4 is 10.1 Å². The van der Waals surface area contributed by atoms with Gasteiger partial charge in [-0.2, -0.15) is 0 Å². The fourth-order valence-corrected chi connectivity index (χ4v) is 2.23. The molecule has 5 heteroatoms. The summed E-state index contributed by atoms with van der Waals surface area (Å²) in [6.45, 7) is 13.6. The van der Waals surface area contributed by atoms with E-state index in [4.69, 9.17) is 18.9 Å². The Labute approximate surface area is 177 Å². The van der Waals surface area contributed by atoms with Crippen LogP contribution in [-0.4, -0.2) is 58.8 Å². The van der Waals surface area contributed by atoms with Crippen molar-refractivity contribution in [3.63, 3.8) is 0 Å². The van der Waals surface area contributed by atoms with Crippen LogP contribution in [-0.2, 0) is 14.2 Å². The summed E-state index contributed by atoms with van der Waals surface area (Å²) in [5, 5.41) is 3.39. The average Bonchev–Trinajstić information content (AvgIpc) is 2.75. The zero-order valence-electron chi connectivity index (χ0n) is 18.7. The van der Waals surface area contributed by atoms with Gasteiger partial charge in [-0.25, -0.2) is 0 Å². The summed E-state index contributed by atoms with van der Waals surface area (Å²) in [7, 11) is 0. The molecule has 0 saturated carbocycles. The molecule has 5 nitrogen and oxygen atoms in total. The molecule has 0 aliphatic carbocycles. The molecule has 164 valence electrons. The molecule has 0 saturated heterocycles. The van der Waals surface area contributed by atoms with Crippen LogP contribution in [0, 0.1) is 17.8 Å². The number of benzene rings is 1. The summed E-state index contributed by atoms with van der Waals surface area (Å²) < 4.78 is 22.2. The van der Waals surface area contributed by atoms with Gasteiger partial charge in [-0.15, -0.1) is 0 Å². The van der Waals surface area contributed by atoms with Gasteiger partial charge >= 0.3 is 0 Å². The Morgan fingerprint density at radius 1 is 0.793 bits per heavy atom. The van der Waals surface area contributed by atoms with Crippen LogP contribution in [0.15, 0.2) is 24.3 Å². The molecule has 0 radical (unpaired) electrons. The Bertz CT molecular complexity index is 564. The molecule has 29 heavy (non-hydrogen) atoms. The van der Waals surface area contributed by atoms with Gasteiger partial charge in [0, 0.05) is 24.1 Å². The van der Waals surface area contributed by atoms with E-state index in [1.807, 2.05) is 24.3 Å². The van der Waals surface area contributed by atoms with E-state index in [1.165, 1.54) is 0 Å². The van der Waals surface area contributed by atoms with Crippen molar-refractivity contribution < 1.29 is 18.9 Å². The normalized spacial score (nSPS) is 12.8. The molecule has 0 amide bonds. The van der Waals surface area contributed by atoms with Crippen molar-refractivity contribution in [2.24, 2.45) is 5.92 Å². The molecule has 2 atom stereocenters. The van der Waals surface area contributed by atoms with Crippen LogP contribution in [0.3, 0.4) is 0 Å². The SMILES string of the molecule is CCC(C)C#Cc1ccc(OCCOCCOCCOCCNC(C)CC)cc1. The minimum absolute atomic E-state index is 0.427. The van der Waals surface area contributed by atoms with Gasteiger partial charge in [0.05, 0.1) is 39.6 Å². The highest BCUT2D eigenvalue weighted by molar-refractivity contribution is 5.38. The van der Waals surface area contributed by atoms with Gasteiger partial charge in [0.2, 0.25) is 0 Å². The predicted molar refractivity (Wildman–Crippen MR) is 118 cm³/mol. The molecule has 2 unspecified atom stereocenters. The van der Waals surface area contributed by atoms with Gasteiger partial charge in [0.25, 0.3) is 0 Å². The van der Waals surface area contributed by atoms with E-state index in [0.717, 1.165) is 30.7 Å². The van der Waals surface area contributed by atoms with Gasteiger partial charge in [0.15, 0.2) is 0 Å². The van der Waals surface area contributed by atoms with Gasteiger partial charge in [-0.1, -0.05) is 32.6 Å². The fourth-order valence-electron chi connectivity index (χ4n) is 2.23. The summed E-state index contributed by atoms with van der Waals surface area (Å²) in [6, 6.07) is 8.41. The van der Waals surface area contributed by atoms with Crippen molar-refractivity contribution in [1.82, 2.24) is 5.32 Å². The molecule has 0 heterocycles. The van der Waals surface area contributed by atoms with Crippen molar-refractivity contribution in [2.45, 2.75) is 46.6 Å². The van der Waals surface area contributed by atoms with E-state index >= 15 is 0 Å². The van der Waals surface area contributed by atoms with E-state index in [1.54, 1.807) is 0 Å². The number of nitrogens with one attached hydrogen (secondary N) is 1. The summed E-state index contributed by atoms with van der Waals surface area (Å²) >= 11 is 0. The number of hydrogen-bond acceptors (Lipinski definition) is 5. The molecular formula is C24H39NO4. The van der Waals surface area contributed by atoms with Crippen molar-refractivity contribution >= 4 is 0 Å². The third-order valence-corrected chi connectivity index (χ3v) is 4.52. The molecule has 0 aromatic heterocycles. The highest BCUT2D eigenvalue weighted by Gasteiger charge is 1.97. The molecule has 0 fully saturated rings. The minimum Gasteiger partial charge on any atom is -0.491 e. The topological polar surface area (TPSA) is 49.0 Å². The van der Waals surface area contributed by atoms with Crippen LogP contribution in [0.4, 0.5) is 0 Å². The van der Waals surface area contributed by atoms with E-state index in [9.17, 15) is 0 Å². The lowest BCUT2D eigenvalue weighted by Gasteiger charge is -2.11. The third kappa shape index (κ3) is 14.1. The maximum atomic E-state index is 5.68. The lowest BCUT2D eigenvalue weighted by Crippen LogP contribution is -2.29. The molecule has 0 aliphatic heterocycles. The lowest BCUT2D eigenvalue weighted by atomic mass is 10.1. The van der Waals surface area contributed by atoms with Crippen LogP contribution in [0.2, 0.25) is 0 Å². The van der Waals surface area contributed by atoms with Crippen molar-refractivity contribution in [1.29, 1.82) is 0 Å². The van der Waals surface area contributed by atoms with E-state index in [-0.39, 0.29) is 0 Å². The van der Waals surface area contributed by atoms with Crippen LogP contribution in [0.5, 0.6) is 5.75 Å². The standard InChI is InChI=1S/C24H39NO4/c1-5-21(3)7-8-23-9-11-24(12-10-23)29-20-19-28-18-17-27-16-15-26-14-13-25-22(4)6-2/h9-12,21-22,25H,5-6,13-20H2,1-4H3. The van der Waals surface area contributed by atoms with Crippen molar-refractivity contribution in [2.75, 3.05) is 52.8 Å². The first-order valence-corrected chi connectivity index (χ1v) is 10.9. The molecule has 1 aromatic rings. The van der Waals surface area contributed by atoms with E-state index < -0.39 is 0 Å². The van der Waals surface area contributed by atoms with Gasteiger partial charge < -0.3 is 24.3 Å². The Kier molecular flexibility index (Phi) is 15.2. The van der Waals surface area contributed by atoms with Crippen LogP contribution in [0.1, 0.15) is 46.1 Å². The highest BCUT2D eigenvalue weighted by Crippen LogP contribution is 2.11. The van der Waals surface area contributed by atoms with E-state index in [0.29, 0.717) is 58.2 Å². The quantitative estimate of drug-likeness (QED) is 0.334. The average molecular weight is 406 g/mol. The molecule has 0 bridgehead atoms. The van der Waals surface area contributed by atoms with Crippen LogP contribution in [0.25, 0.3) is 0 Å². The van der Waals surface area contributed by atoms with E-state index in [2.05, 4.69) is 44.9 Å². The summed E-state index contributed by atoms with van der Waals surface area (Å²) in [5.74, 6) is 7.68. The third-order valence-electron chi connectivity index (χ3n) is 4.52. The Morgan fingerprint density at radius 2 is 1.38 bits per heavy atom. The highest BCUT2D eigenvalue weighted by atomic mass is 16.6. The summed E-state index contributed by atoms with van der Waals surface area (Å²) in [4.78, 5) is 0. The predicted octanol–water partition coefficient (Wildman–Crippen LogP) is 3.90. The molecule has 0 spiro atoms. The first-order chi connectivity index (χ1) is 14.2. The second kappa shape index (κ2) is 17.3.